The van der Waals surface area contributed by atoms with Gasteiger partial charge < -0.3 is 5.32 Å². The molecule has 0 fully saturated rings. The summed E-state index contributed by atoms with van der Waals surface area (Å²) in [5, 5.41) is 3.43. The van der Waals surface area contributed by atoms with Crippen molar-refractivity contribution in [1.29, 1.82) is 0 Å². The average Bonchev–Trinajstić information content (AvgIpc) is 2.68. The molecule has 1 N–H and O–H groups in total. The van der Waals surface area contributed by atoms with Gasteiger partial charge in [-0.15, -0.1) is 0 Å². The van der Waals surface area contributed by atoms with Crippen molar-refractivity contribution >= 4 is 38.4 Å². The van der Waals surface area contributed by atoms with Crippen LogP contribution in [-0.2, 0) is 0 Å². The maximum absolute atomic E-state index is 13.0. The van der Waals surface area contributed by atoms with Crippen molar-refractivity contribution in [2.45, 2.75) is 6.92 Å². The molecule has 0 unspecified atom stereocenters. The molecule has 4 rings (SSSR count). The second-order valence-electron chi connectivity index (χ2n) is 6.30. The third-order valence-corrected chi connectivity index (χ3v) is 5.12. The van der Waals surface area contributed by atoms with Crippen LogP contribution in [-0.4, -0.2) is 15.5 Å². The van der Waals surface area contributed by atoms with Gasteiger partial charge in [0.2, 0.25) is 0 Å². The van der Waals surface area contributed by atoms with Crippen molar-refractivity contribution in [1.82, 2.24) is 9.55 Å². The van der Waals surface area contributed by atoms with Gasteiger partial charge in [0.15, 0.2) is 0 Å². The Balaban J connectivity index is 1.74. The number of rotatable bonds is 3. The van der Waals surface area contributed by atoms with E-state index in [-0.39, 0.29) is 11.5 Å². The van der Waals surface area contributed by atoms with Crippen LogP contribution in [0.25, 0.3) is 16.6 Å². The molecule has 1 aromatic heterocycles. The molecule has 138 valence electrons. The van der Waals surface area contributed by atoms with Crippen LogP contribution in [0.4, 0.5) is 5.69 Å². The molecular formula is C22H16BrN3O2. The number of carbonyl (C=O) groups is 1. The summed E-state index contributed by atoms with van der Waals surface area (Å²) in [5.74, 6) is 0.350. The Labute approximate surface area is 169 Å². The minimum atomic E-state index is -0.231. The van der Waals surface area contributed by atoms with Crippen LogP contribution in [0.1, 0.15) is 16.2 Å². The number of carbonyl (C=O) groups excluding carboxylic acids is 1. The highest BCUT2D eigenvalue weighted by molar-refractivity contribution is 9.10. The number of hydrogen-bond donors (Lipinski definition) is 1. The number of aryl methyl sites for hydroxylation is 1. The minimum Gasteiger partial charge on any atom is -0.322 e. The van der Waals surface area contributed by atoms with Crippen LogP contribution in [0.2, 0.25) is 0 Å². The molecule has 3 aromatic carbocycles. The van der Waals surface area contributed by atoms with E-state index in [1.165, 1.54) is 0 Å². The normalized spacial score (nSPS) is 10.8. The number of aromatic nitrogens is 2. The first kappa shape index (κ1) is 18.1. The predicted molar refractivity (Wildman–Crippen MR) is 114 cm³/mol. The molecule has 0 saturated carbocycles. The Morgan fingerprint density at radius 1 is 1.00 bits per heavy atom. The highest BCUT2D eigenvalue weighted by Crippen LogP contribution is 2.20. The number of amides is 1. The molecule has 6 heteroatoms. The fourth-order valence-electron chi connectivity index (χ4n) is 3.11. The molecule has 0 aliphatic heterocycles. The predicted octanol–water partition coefficient (Wildman–Crippen LogP) is 4.71. The van der Waals surface area contributed by atoms with Crippen molar-refractivity contribution in [3.8, 4) is 5.69 Å². The molecule has 0 radical (unpaired) electrons. The van der Waals surface area contributed by atoms with Crippen LogP contribution in [0.5, 0.6) is 0 Å². The smallest absolute Gasteiger partial charge is 0.265 e. The van der Waals surface area contributed by atoms with Crippen LogP contribution < -0.4 is 10.9 Å². The molecule has 28 heavy (non-hydrogen) atoms. The molecule has 0 aliphatic rings. The van der Waals surface area contributed by atoms with E-state index < -0.39 is 0 Å². The van der Waals surface area contributed by atoms with Gasteiger partial charge in [-0.25, -0.2) is 4.98 Å². The summed E-state index contributed by atoms with van der Waals surface area (Å²) >= 11 is 3.39. The summed E-state index contributed by atoms with van der Waals surface area (Å²) in [6.07, 6.45) is 0. The van der Waals surface area contributed by atoms with Crippen LogP contribution in [0, 0.1) is 6.92 Å². The molecule has 1 heterocycles. The number of nitrogens with one attached hydrogen (secondary N) is 1. The van der Waals surface area contributed by atoms with Crippen LogP contribution >= 0.6 is 15.9 Å². The van der Waals surface area contributed by atoms with E-state index in [9.17, 15) is 9.59 Å². The lowest BCUT2D eigenvalue weighted by Crippen LogP contribution is -2.22. The summed E-state index contributed by atoms with van der Waals surface area (Å²) in [4.78, 5) is 30.1. The highest BCUT2D eigenvalue weighted by Gasteiger charge is 2.12. The summed E-state index contributed by atoms with van der Waals surface area (Å²) < 4.78 is 2.27. The first-order chi connectivity index (χ1) is 13.5. The second-order valence-corrected chi connectivity index (χ2v) is 7.16. The molecule has 0 aliphatic carbocycles. The number of halogens is 1. The summed E-state index contributed by atoms with van der Waals surface area (Å²) in [6.45, 7) is 1.79. The van der Waals surface area contributed by atoms with Crippen molar-refractivity contribution < 1.29 is 4.79 Å². The van der Waals surface area contributed by atoms with Crippen LogP contribution in [0.3, 0.4) is 0 Å². The second kappa shape index (κ2) is 7.40. The largest absolute Gasteiger partial charge is 0.322 e. The van der Waals surface area contributed by atoms with E-state index in [0.29, 0.717) is 33.7 Å². The third-order valence-electron chi connectivity index (χ3n) is 4.42. The van der Waals surface area contributed by atoms with Gasteiger partial charge in [-0.3, -0.25) is 14.2 Å². The van der Waals surface area contributed by atoms with E-state index in [4.69, 9.17) is 0 Å². The number of fused-ring (bicyclic) bond motifs is 1. The van der Waals surface area contributed by atoms with Gasteiger partial charge in [0, 0.05) is 10.2 Å². The zero-order valence-corrected chi connectivity index (χ0v) is 16.6. The quantitative estimate of drug-likeness (QED) is 0.508. The van der Waals surface area contributed by atoms with E-state index in [1.54, 1.807) is 47.9 Å². The zero-order valence-electron chi connectivity index (χ0n) is 15.0. The molecule has 0 spiro atoms. The Bertz CT molecular complexity index is 1260. The number of para-hydroxylation sites is 1. The fourth-order valence-corrected chi connectivity index (χ4v) is 3.58. The van der Waals surface area contributed by atoms with Crippen molar-refractivity contribution in [3.05, 3.63) is 99.0 Å². The van der Waals surface area contributed by atoms with Gasteiger partial charge in [-0.1, -0.05) is 30.3 Å². The van der Waals surface area contributed by atoms with Gasteiger partial charge in [-0.05, 0) is 65.3 Å². The highest BCUT2D eigenvalue weighted by atomic mass is 79.9. The van der Waals surface area contributed by atoms with E-state index in [2.05, 4.69) is 26.2 Å². The third kappa shape index (κ3) is 3.34. The minimum absolute atomic E-state index is 0.141. The molecule has 0 saturated heterocycles. The van der Waals surface area contributed by atoms with Gasteiger partial charge in [0.1, 0.15) is 5.82 Å². The molecule has 0 bridgehead atoms. The van der Waals surface area contributed by atoms with Crippen molar-refractivity contribution in [2.24, 2.45) is 0 Å². The lowest BCUT2D eigenvalue weighted by molar-refractivity contribution is 0.102. The first-order valence-corrected chi connectivity index (χ1v) is 9.48. The lowest BCUT2D eigenvalue weighted by Gasteiger charge is -2.13. The van der Waals surface area contributed by atoms with Gasteiger partial charge in [0.25, 0.3) is 11.5 Å². The van der Waals surface area contributed by atoms with Crippen LogP contribution in [0.15, 0.2) is 82.1 Å². The Kier molecular flexibility index (Phi) is 4.79. The van der Waals surface area contributed by atoms with Crippen molar-refractivity contribution in [3.63, 3.8) is 0 Å². The molecule has 1 amide bonds. The standard InChI is InChI=1S/C22H16BrN3O2/c1-14-24-20-12-5-3-10-18(20)22(28)26(14)16-8-6-7-15(13-16)25-21(27)17-9-2-4-11-19(17)23/h2-13H,1H3,(H,25,27). The van der Waals surface area contributed by atoms with Gasteiger partial charge >= 0.3 is 0 Å². The topological polar surface area (TPSA) is 64.0 Å². The molecular weight excluding hydrogens is 418 g/mol. The molecule has 4 aromatic rings. The zero-order chi connectivity index (χ0) is 19.7. The Morgan fingerprint density at radius 2 is 1.75 bits per heavy atom. The number of benzene rings is 3. The summed E-state index contributed by atoms with van der Waals surface area (Å²) in [6, 6.07) is 21.6. The number of anilines is 1. The maximum atomic E-state index is 13.0. The average molecular weight is 434 g/mol. The number of nitrogens with zero attached hydrogens (tertiary/aromatic N) is 2. The SMILES string of the molecule is Cc1nc2ccccc2c(=O)n1-c1cccc(NC(=O)c2ccccc2Br)c1. The monoisotopic (exact) mass is 433 g/mol. The maximum Gasteiger partial charge on any atom is 0.265 e. The first-order valence-electron chi connectivity index (χ1n) is 8.69. The van der Waals surface area contributed by atoms with Crippen molar-refractivity contribution in [2.75, 3.05) is 5.32 Å². The van der Waals surface area contributed by atoms with Gasteiger partial charge in [0.05, 0.1) is 22.2 Å². The Hall–Kier alpha value is -3.25. The Morgan fingerprint density at radius 3 is 2.57 bits per heavy atom. The summed E-state index contributed by atoms with van der Waals surface area (Å²) in [7, 11) is 0. The molecule has 0 atom stereocenters. The molecule has 5 nitrogen and oxygen atoms in total. The lowest BCUT2D eigenvalue weighted by atomic mass is 10.2. The van der Waals surface area contributed by atoms with Gasteiger partial charge in [-0.2, -0.15) is 0 Å². The number of hydrogen-bond acceptors (Lipinski definition) is 3. The fraction of sp³-hybridized carbons (Fsp3) is 0.0455. The summed E-state index contributed by atoms with van der Waals surface area (Å²) in [5.41, 5.74) is 2.30. The van der Waals surface area contributed by atoms with E-state index in [0.717, 1.165) is 4.47 Å². The van der Waals surface area contributed by atoms with E-state index in [1.807, 2.05) is 36.4 Å². The van der Waals surface area contributed by atoms with E-state index >= 15 is 0 Å².